The molecule has 1 amide bonds. The maximum absolute atomic E-state index is 12.8. The van der Waals surface area contributed by atoms with Gasteiger partial charge in [0.05, 0.1) is 18.4 Å². The lowest BCUT2D eigenvalue weighted by molar-refractivity contribution is 0.0600. The number of furan rings is 1. The fourth-order valence-electron chi connectivity index (χ4n) is 3.59. The van der Waals surface area contributed by atoms with E-state index in [1.54, 1.807) is 19.1 Å². The number of nitrogens with one attached hydrogen (secondary N) is 1. The smallest absolute Gasteiger partial charge is 0.379 e. The third-order valence-corrected chi connectivity index (χ3v) is 5.23. The zero-order chi connectivity index (χ0) is 23.4. The lowest BCUT2D eigenvalue weighted by Gasteiger charge is -2.13. The third-order valence-electron chi connectivity index (χ3n) is 5.23. The number of hydrazone groups is 1. The van der Waals surface area contributed by atoms with Crippen molar-refractivity contribution in [1.29, 1.82) is 0 Å². The molecule has 4 rings (SSSR count). The second kappa shape index (κ2) is 9.47. The van der Waals surface area contributed by atoms with E-state index in [0.29, 0.717) is 46.6 Å². The quantitative estimate of drug-likeness (QED) is 0.361. The monoisotopic (exact) mass is 447 g/mol. The van der Waals surface area contributed by atoms with Gasteiger partial charge in [-0.2, -0.15) is 5.10 Å². The minimum atomic E-state index is -0.659. The summed E-state index contributed by atoms with van der Waals surface area (Å²) in [6.45, 7) is 1.75. The van der Waals surface area contributed by atoms with Gasteiger partial charge in [0.1, 0.15) is 11.5 Å². The molecule has 0 fully saturated rings. The van der Waals surface area contributed by atoms with Crippen molar-refractivity contribution < 1.29 is 28.3 Å². The summed E-state index contributed by atoms with van der Waals surface area (Å²) in [5.41, 5.74) is 5.29. The lowest BCUT2D eigenvalue weighted by atomic mass is 9.93. The number of aryl methyl sites for hydroxylation is 1. The summed E-state index contributed by atoms with van der Waals surface area (Å²) in [5, 5.41) is 4.29. The molecule has 0 saturated carbocycles. The summed E-state index contributed by atoms with van der Waals surface area (Å²) in [6.07, 6.45) is 5.11. The predicted octanol–water partition coefficient (Wildman–Crippen LogP) is 3.46. The molecule has 3 aromatic rings. The second-order valence-electron chi connectivity index (χ2n) is 7.35. The molecular formula is C24H21N3O6. The van der Waals surface area contributed by atoms with Crippen molar-refractivity contribution in [2.24, 2.45) is 5.10 Å². The van der Waals surface area contributed by atoms with Crippen molar-refractivity contribution >= 4 is 23.6 Å². The first-order valence-corrected chi connectivity index (χ1v) is 10.3. The van der Waals surface area contributed by atoms with Crippen LogP contribution in [0.4, 0.5) is 0 Å². The topological polar surface area (TPSA) is 120 Å². The average molecular weight is 447 g/mol. The normalized spacial score (nSPS) is 13.8. The van der Waals surface area contributed by atoms with Crippen LogP contribution in [0.2, 0.25) is 0 Å². The predicted molar refractivity (Wildman–Crippen MR) is 117 cm³/mol. The summed E-state index contributed by atoms with van der Waals surface area (Å²) in [5.74, 6) is -0.526. The van der Waals surface area contributed by atoms with E-state index in [2.05, 4.69) is 20.2 Å². The van der Waals surface area contributed by atoms with Crippen LogP contribution in [0.3, 0.4) is 0 Å². The Bertz CT molecular complexity index is 1230. The van der Waals surface area contributed by atoms with Gasteiger partial charge in [0.2, 0.25) is 5.76 Å². The number of benzene rings is 1. The Morgan fingerprint density at radius 1 is 1.00 bits per heavy atom. The van der Waals surface area contributed by atoms with E-state index < -0.39 is 11.9 Å². The molecule has 1 aromatic carbocycles. The van der Waals surface area contributed by atoms with Gasteiger partial charge in [-0.25, -0.2) is 15.0 Å². The summed E-state index contributed by atoms with van der Waals surface area (Å²) in [6, 6.07) is 9.20. The van der Waals surface area contributed by atoms with Crippen molar-refractivity contribution in [3.8, 4) is 5.75 Å². The molecule has 2 aromatic heterocycles. The number of aromatic nitrogens is 1. The van der Waals surface area contributed by atoms with Gasteiger partial charge < -0.3 is 13.9 Å². The molecule has 1 aliphatic rings. The van der Waals surface area contributed by atoms with Crippen LogP contribution in [0.15, 0.2) is 58.3 Å². The fraction of sp³-hybridized carbons (Fsp3) is 0.208. The highest BCUT2D eigenvalue weighted by Gasteiger charge is 2.29. The van der Waals surface area contributed by atoms with Crippen LogP contribution >= 0.6 is 0 Å². The van der Waals surface area contributed by atoms with Gasteiger partial charge in [-0.15, -0.1) is 0 Å². The van der Waals surface area contributed by atoms with E-state index in [1.807, 2.05) is 0 Å². The molecule has 0 radical (unpaired) electrons. The van der Waals surface area contributed by atoms with Crippen LogP contribution in [0.25, 0.3) is 0 Å². The zero-order valence-corrected chi connectivity index (χ0v) is 18.1. The molecule has 0 unspecified atom stereocenters. The van der Waals surface area contributed by atoms with Crippen molar-refractivity contribution in [1.82, 2.24) is 10.4 Å². The number of nitrogens with zero attached hydrogens (tertiary/aromatic N) is 2. The van der Waals surface area contributed by atoms with Crippen LogP contribution in [0.5, 0.6) is 5.75 Å². The van der Waals surface area contributed by atoms with Gasteiger partial charge in [0.15, 0.2) is 0 Å². The highest BCUT2D eigenvalue weighted by Crippen LogP contribution is 2.30. The number of ether oxygens (including phenoxy) is 2. The van der Waals surface area contributed by atoms with Gasteiger partial charge in [0.25, 0.3) is 5.91 Å². The van der Waals surface area contributed by atoms with Gasteiger partial charge in [-0.1, -0.05) is 0 Å². The Kier molecular flexibility index (Phi) is 6.30. The number of amides is 1. The maximum Gasteiger partial charge on any atom is 0.379 e. The first-order chi connectivity index (χ1) is 16.0. The number of hydrogen-bond acceptors (Lipinski definition) is 8. The number of methoxy groups -OCH3 is 1. The molecule has 0 aliphatic heterocycles. The van der Waals surface area contributed by atoms with Crippen LogP contribution in [0.1, 0.15) is 61.0 Å². The molecule has 33 heavy (non-hydrogen) atoms. The number of carbonyl (C=O) groups excluding carboxylic acids is 3. The molecule has 0 spiro atoms. The molecule has 1 aliphatic carbocycles. The highest BCUT2D eigenvalue weighted by atomic mass is 16.5. The van der Waals surface area contributed by atoms with Crippen molar-refractivity contribution in [3.05, 3.63) is 82.6 Å². The van der Waals surface area contributed by atoms with Gasteiger partial charge in [-0.05, 0) is 56.2 Å². The Morgan fingerprint density at radius 3 is 2.42 bits per heavy atom. The Balaban J connectivity index is 1.53. The molecule has 0 bridgehead atoms. The number of esters is 2. The third kappa shape index (κ3) is 4.67. The number of pyridine rings is 1. The second-order valence-corrected chi connectivity index (χ2v) is 7.35. The molecule has 2 heterocycles. The Morgan fingerprint density at radius 2 is 1.73 bits per heavy atom. The average Bonchev–Trinajstić information content (AvgIpc) is 3.20. The van der Waals surface area contributed by atoms with Gasteiger partial charge in [-0.3, -0.25) is 9.78 Å². The first-order valence-electron chi connectivity index (χ1n) is 10.3. The van der Waals surface area contributed by atoms with E-state index in [4.69, 9.17) is 9.15 Å². The molecular weight excluding hydrogens is 426 g/mol. The van der Waals surface area contributed by atoms with Gasteiger partial charge >= 0.3 is 11.9 Å². The van der Waals surface area contributed by atoms with Crippen LogP contribution in [0, 0.1) is 6.92 Å². The summed E-state index contributed by atoms with van der Waals surface area (Å²) in [7, 11) is 1.29. The fourth-order valence-corrected chi connectivity index (χ4v) is 3.59. The Hall–Kier alpha value is -4.27. The summed E-state index contributed by atoms with van der Waals surface area (Å²) < 4.78 is 15.9. The number of fused-ring (bicyclic) bond motifs is 1. The van der Waals surface area contributed by atoms with Crippen molar-refractivity contribution in [2.45, 2.75) is 26.2 Å². The maximum atomic E-state index is 12.8. The van der Waals surface area contributed by atoms with E-state index in [9.17, 15) is 14.4 Å². The standard InChI is InChI=1S/C24H21N3O6/c1-14-20-18(26-27-22(28)15-10-12-25-13-11-15)4-3-5-19(20)33-21(14)24(30)32-17-8-6-16(7-9-17)23(29)31-2/h6-13H,3-5H2,1-2H3,(H,27,28)/b26-18+. The van der Waals surface area contributed by atoms with E-state index in [-0.39, 0.29) is 17.4 Å². The molecule has 9 heteroatoms. The number of rotatable bonds is 5. The summed E-state index contributed by atoms with van der Waals surface area (Å²) in [4.78, 5) is 40.5. The number of carbonyl (C=O) groups is 3. The minimum absolute atomic E-state index is 0.0760. The zero-order valence-electron chi connectivity index (χ0n) is 18.1. The first kappa shape index (κ1) is 21.9. The highest BCUT2D eigenvalue weighted by molar-refractivity contribution is 6.06. The van der Waals surface area contributed by atoms with Crippen molar-refractivity contribution in [2.75, 3.05) is 7.11 Å². The number of hydrogen-bond donors (Lipinski definition) is 1. The molecule has 168 valence electrons. The van der Waals surface area contributed by atoms with Gasteiger partial charge in [0, 0.05) is 35.5 Å². The van der Waals surface area contributed by atoms with E-state index in [1.165, 1.54) is 43.8 Å². The molecule has 0 atom stereocenters. The molecule has 9 nitrogen and oxygen atoms in total. The van der Waals surface area contributed by atoms with Crippen LogP contribution in [-0.2, 0) is 11.2 Å². The van der Waals surface area contributed by atoms with Crippen LogP contribution in [-0.4, -0.2) is 35.7 Å². The SMILES string of the molecule is COC(=O)c1ccc(OC(=O)c2oc3c(c2C)/C(=N/NC(=O)c2ccncc2)CCC3)cc1. The van der Waals surface area contributed by atoms with E-state index >= 15 is 0 Å². The minimum Gasteiger partial charge on any atom is -0.465 e. The lowest BCUT2D eigenvalue weighted by Crippen LogP contribution is -2.22. The summed E-state index contributed by atoms with van der Waals surface area (Å²) >= 11 is 0. The van der Waals surface area contributed by atoms with Crippen molar-refractivity contribution in [3.63, 3.8) is 0 Å². The van der Waals surface area contributed by atoms with Crippen LogP contribution < -0.4 is 10.2 Å². The molecule has 0 saturated heterocycles. The van der Waals surface area contributed by atoms with E-state index in [0.717, 1.165) is 6.42 Å². The largest absolute Gasteiger partial charge is 0.465 e. The Labute approximate surface area is 189 Å². The molecule has 1 N–H and O–H groups in total.